The lowest BCUT2D eigenvalue weighted by molar-refractivity contribution is -0.143. The van der Waals surface area contributed by atoms with Crippen LogP contribution >= 0.6 is 15.9 Å². The van der Waals surface area contributed by atoms with Gasteiger partial charge in [0.25, 0.3) is 5.91 Å². The summed E-state index contributed by atoms with van der Waals surface area (Å²) in [5.74, 6) is -0.971. The van der Waals surface area contributed by atoms with Crippen molar-refractivity contribution in [3.8, 4) is 0 Å². The molecule has 0 fully saturated rings. The highest BCUT2D eigenvalue weighted by Gasteiger charge is 2.24. The number of halogens is 1. The van der Waals surface area contributed by atoms with E-state index in [1.54, 1.807) is 24.3 Å². The van der Waals surface area contributed by atoms with E-state index in [1.165, 1.54) is 19.4 Å². The molecule has 0 aliphatic rings. The molecule has 0 aliphatic carbocycles. The molecule has 7 heteroatoms. The highest BCUT2D eigenvalue weighted by Crippen LogP contribution is 2.18. The average molecular weight is 338 g/mol. The molecule has 1 amide bonds. The molecule has 20 heavy (non-hydrogen) atoms. The van der Waals surface area contributed by atoms with E-state index in [4.69, 9.17) is 4.74 Å². The number of aromatic nitrogens is 2. The standard InChI is InChI=1S/C13H12BrN3O3/c1-20-13(19)11(8-2-4-9(14)5-3-8)16-12(18)10-6-7-15-17-10/h2-7,11H,1H3,(H,15,17)(H,16,18)/t11-/m0/s1. The van der Waals surface area contributed by atoms with Crippen LogP contribution in [0.4, 0.5) is 0 Å². The van der Waals surface area contributed by atoms with Crippen molar-refractivity contribution in [3.63, 3.8) is 0 Å². The minimum absolute atomic E-state index is 0.274. The molecule has 0 aliphatic heterocycles. The third kappa shape index (κ3) is 3.24. The fraction of sp³-hybridized carbons (Fsp3) is 0.154. The summed E-state index contributed by atoms with van der Waals surface area (Å²) in [5, 5.41) is 8.84. The van der Waals surface area contributed by atoms with E-state index >= 15 is 0 Å². The smallest absolute Gasteiger partial charge is 0.333 e. The summed E-state index contributed by atoms with van der Waals surface area (Å²) in [5.41, 5.74) is 0.906. The number of H-pyrrole nitrogens is 1. The SMILES string of the molecule is COC(=O)[C@@H](NC(=O)c1ccn[nH]1)c1ccc(Br)cc1. The zero-order valence-electron chi connectivity index (χ0n) is 10.6. The second-order valence-corrected chi connectivity index (χ2v) is 4.87. The number of carbonyl (C=O) groups is 2. The van der Waals surface area contributed by atoms with Gasteiger partial charge in [-0.15, -0.1) is 0 Å². The number of ether oxygens (including phenoxy) is 1. The van der Waals surface area contributed by atoms with Gasteiger partial charge in [-0.1, -0.05) is 28.1 Å². The van der Waals surface area contributed by atoms with Crippen molar-refractivity contribution in [2.45, 2.75) is 6.04 Å². The molecule has 2 rings (SSSR count). The molecule has 104 valence electrons. The first kappa shape index (κ1) is 14.3. The first-order chi connectivity index (χ1) is 9.61. The molecule has 0 bridgehead atoms. The van der Waals surface area contributed by atoms with Crippen LogP contribution in [0.15, 0.2) is 41.0 Å². The highest BCUT2D eigenvalue weighted by molar-refractivity contribution is 9.10. The molecule has 1 atom stereocenters. The van der Waals surface area contributed by atoms with Crippen LogP contribution in [0.1, 0.15) is 22.1 Å². The Morgan fingerprint density at radius 3 is 2.55 bits per heavy atom. The number of carbonyl (C=O) groups excluding carboxylic acids is 2. The minimum Gasteiger partial charge on any atom is -0.467 e. The van der Waals surface area contributed by atoms with Gasteiger partial charge in [0.1, 0.15) is 5.69 Å². The van der Waals surface area contributed by atoms with Crippen molar-refractivity contribution in [2.24, 2.45) is 0 Å². The Morgan fingerprint density at radius 2 is 2.00 bits per heavy atom. The Kier molecular flexibility index (Phi) is 4.52. The predicted octanol–water partition coefficient (Wildman–Crippen LogP) is 1.82. The first-order valence-electron chi connectivity index (χ1n) is 5.75. The Hall–Kier alpha value is -2.15. The molecule has 0 saturated carbocycles. The minimum atomic E-state index is -0.871. The molecule has 0 unspecified atom stereocenters. The van der Waals surface area contributed by atoms with Gasteiger partial charge in [-0.3, -0.25) is 9.89 Å². The highest BCUT2D eigenvalue weighted by atomic mass is 79.9. The number of benzene rings is 1. The number of hydrogen-bond acceptors (Lipinski definition) is 4. The summed E-state index contributed by atoms with van der Waals surface area (Å²) in [4.78, 5) is 23.8. The molecule has 2 aromatic rings. The van der Waals surface area contributed by atoms with Crippen LogP contribution in [0.3, 0.4) is 0 Å². The predicted molar refractivity (Wildman–Crippen MR) is 75.0 cm³/mol. The maximum absolute atomic E-state index is 12.0. The zero-order chi connectivity index (χ0) is 14.5. The Bertz CT molecular complexity index is 596. The normalized spacial score (nSPS) is 11.7. The van der Waals surface area contributed by atoms with Gasteiger partial charge in [-0.05, 0) is 23.8 Å². The summed E-state index contributed by atoms with van der Waals surface area (Å²) >= 11 is 3.31. The van der Waals surface area contributed by atoms with E-state index in [1.807, 2.05) is 0 Å². The lowest BCUT2D eigenvalue weighted by Gasteiger charge is -2.16. The second kappa shape index (κ2) is 6.33. The van der Waals surface area contributed by atoms with Crippen LogP contribution in [0, 0.1) is 0 Å². The topological polar surface area (TPSA) is 84.1 Å². The second-order valence-electron chi connectivity index (χ2n) is 3.95. The van der Waals surface area contributed by atoms with E-state index in [2.05, 4.69) is 31.4 Å². The number of hydrogen-bond donors (Lipinski definition) is 2. The Balaban J connectivity index is 2.22. The van der Waals surface area contributed by atoms with E-state index in [9.17, 15) is 9.59 Å². The van der Waals surface area contributed by atoms with Crippen LogP contribution in [0.25, 0.3) is 0 Å². The third-order valence-electron chi connectivity index (χ3n) is 2.66. The Morgan fingerprint density at radius 1 is 1.30 bits per heavy atom. The maximum Gasteiger partial charge on any atom is 0.333 e. The largest absolute Gasteiger partial charge is 0.467 e. The fourth-order valence-electron chi connectivity index (χ4n) is 1.64. The van der Waals surface area contributed by atoms with Crippen molar-refractivity contribution in [1.82, 2.24) is 15.5 Å². The van der Waals surface area contributed by atoms with E-state index in [0.29, 0.717) is 5.56 Å². The molecule has 2 N–H and O–H groups in total. The quantitative estimate of drug-likeness (QED) is 0.833. The number of nitrogens with one attached hydrogen (secondary N) is 2. The van der Waals surface area contributed by atoms with Crippen molar-refractivity contribution >= 4 is 27.8 Å². The molecule has 1 heterocycles. The number of amides is 1. The van der Waals surface area contributed by atoms with Gasteiger partial charge in [0.15, 0.2) is 6.04 Å². The number of rotatable bonds is 4. The van der Waals surface area contributed by atoms with Crippen molar-refractivity contribution in [2.75, 3.05) is 7.11 Å². The summed E-state index contributed by atoms with van der Waals surface area (Å²) < 4.78 is 5.60. The van der Waals surface area contributed by atoms with Gasteiger partial charge in [-0.2, -0.15) is 5.10 Å². The maximum atomic E-state index is 12.0. The Labute approximate surface area is 123 Å². The molecule has 1 aromatic heterocycles. The van der Waals surface area contributed by atoms with Gasteiger partial charge >= 0.3 is 5.97 Å². The molecule has 0 radical (unpaired) electrons. The molecule has 0 spiro atoms. The van der Waals surface area contributed by atoms with Crippen LogP contribution < -0.4 is 5.32 Å². The average Bonchev–Trinajstić information content (AvgIpc) is 2.99. The summed E-state index contributed by atoms with van der Waals surface area (Å²) in [6.45, 7) is 0. The van der Waals surface area contributed by atoms with Gasteiger partial charge < -0.3 is 10.1 Å². The van der Waals surface area contributed by atoms with Crippen LogP contribution in [0.5, 0.6) is 0 Å². The molecule has 0 saturated heterocycles. The summed E-state index contributed by atoms with van der Waals surface area (Å²) in [6, 6.07) is 7.69. The lowest BCUT2D eigenvalue weighted by Crippen LogP contribution is -2.34. The first-order valence-corrected chi connectivity index (χ1v) is 6.54. The number of aromatic amines is 1. The zero-order valence-corrected chi connectivity index (χ0v) is 12.2. The number of nitrogens with zero attached hydrogens (tertiary/aromatic N) is 1. The summed E-state index contributed by atoms with van der Waals surface area (Å²) in [6.07, 6.45) is 1.46. The van der Waals surface area contributed by atoms with Crippen LogP contribution in [0.2, 0.25) is 0 Å². The monoisotopic (exact) mass is 337 g/mol. The van der Waals surface area contributed by atoms with Gasteiger partial charge in [0, 0.05) is 10.7 Å². The lowest BCUT2D eigenvalue weighted by atomic mass is 10.1. The van der Waals surface area contributed by atoms with Gasteiger partial charge in [-0.25, -0.2) is 4.79 Å². The third-order valence-corrected chi connectivity index (χ3v) is 3.19. The fourth-order valence-corrected chi connectivity index (χ4v) is 1.91. The molecule has 6 nitrogen and oxygen atoms in total. The number of methoxy groups -OCH3 is 1. The van der Waals surface area contributed by atoms with Crippen molar-refractivity contribution < 1.29 is 14.3 Å². The van der Waals surface area contributed by atoms with Crippen LogP contribution in [-0.4, -0.2) is 29.2 Å². The molecular weight excluding hydrogens is 326 g/mol. The van der Waals surface area contributed by atoms with Gasteiger partial charge in [0.2, 0.25) is 0 Å². The summed E-state index contributed by atoms with van der Waals surface area (Å²) in [7, 11) is 1.27. The van der Waals surface area contributed by atoms with E-state index in [-0.39, 0.29) is 5.69 Å². The molecular formula is C13H12BrN3O3. The molecule has 1 aromatic carbocycles. The number of esters is 1. The van der Waals surface area contributed by atoms with E-state index < -0.39 is 17.9 Å². The van der Waals surface area contributed by atoms with Crippen molar-refractivity contribution in [1.29, 1.82) is 0 Å². The van der Waals surface area contributed by atoms with Crippen molar-refractivity contribution in [3.05, 3.63) is 52.3 Å². The van der Waals surface area contributed by atoms with Crippen LogP contribution in [-0.2, 0) is 9.53 Å². The van der Waals surface area contributed by atoms with E-state index in [0.717, 1.165) is 4.47 Å². The van der Waals surface area contributed by atoms with Gasteiger partial charge in [0.05, 0.1) is 7.11 Å².